The highest BCUT2D eigenvalue weighted by Crippen LogP contribution is 2.22. The van der Waals surface area contributed by atoms with Crippen LogP contribution in [0, 0.1) is 20.8 Å². The average Bonchev–Trinajstić information content (AvgIpc) is 3.43. The number of amides is 1. The van der Waals surface area contributed by atoms with Crippen molar-refractivity contribution in [2.24, 2.45) is 0 Å². The van der Waals surface area contributed by atoms with E-state index in [4.69, 9.17) is 4.52 Å². The molecule has 164 valence electrons. The van der Waals surface area contributed by atoms with Crippen LogP contribution in [0.1, 0.15) is 34.8 Å². The first-order chi connectivity index (χ1) is 15.5. The molecule has 1 amide bonds. The second kappa shape index (κ2) is 9.78. The summed E-state index contributed by atoms with van der Waals surface area (Å²) in [6, 6.07) is 14.0. The monoisotopic (exact) mass is 448 g/mol. The number of nitrogens with one attached hydrogen (secondary N) is 2. The van der Waals surface area contributed by atoms with E-state index in [0.29, 0.717) is 29.0 Å². The minimum absolute atomic E-state index is 0.0859. The zero-order valence-corrected chi connectivity index (χ0v) is 19.0. The van der Waals surface area contributed by atoms with Crippen molar-refractivity contribution in [3.63, 3.8) is 0 Å². The van der Waals surface area contributed by atoms with Gasteiger partial charge in [0.25, 0.3) is 0 Å². The molecule has 0 saturated carbocycles. The molecular weight excluding hydrogens is 424 g/mol. The van der Waals surface area contributed by atoms with Gasteiger partial charge < -0.3 is 9.84 Å². The molecule has 2 N–H and O–H groups in total. The Hall–Kier alpha value is -3.46. The van der Waals surface area contributed by atoms with Crippen molar-refractivity contribution in [3.8, 4) is 11.4 Å². The van der Waals surface area contributed by atoms with Crippen molar-refractivity contribution in [2.45, 2.75) is 44.5 Å². The smallest absolute Gasteiger partial charge is 0.227 e. The largest absolute Gasteiger partial charge is 0.339 e. The van der Waals surface area contributed by atoms with Crippen LogP contribution in [-0.2, 0) is 17.0 Å². The number of aromatic amines is 1. The van der Waals surface area contributed by atoms with Gasteiger partial charge in [0.05, 0.1) is 5.75 Å². The van der Waals surface area contributed by atoms with Crippen LogP contribution in [-0.4, -0.2) is 31.2 Å². The van der Waals surface area contributed by atoms with E-state index >= 15 is 0 Å². The SMILES string of the molecule is Cc1cccc(-c2nc(SCc3noc(CCC(=O)Nc4cc(C)ccc4C)n3)n[nH]2)c1. The first-order valence-electron chi connectivity index (χ1n) is 10.3. The molecule has 0 fully saturated rings. The Morgan fingerprint density at radius 1 is 1.09 bits per heavy atom. The highest BCUT2D eigenvalue weighted by atomic mass is 32.2. The Morgan fingerprint density at radius 3 is 2.78 bits per heavy atom. The lowest BCUT2D eigenvalue weighted by Gasteiger charge is -2.08. The van der Waals surface area contributed by atoms with Crippen LogP contribution in [0.3, 0.4) is 0 Å². The summed E-state index contributed by atoms with van der Waals surface area (Å²) in [6.07, 6.45) is 0.648. The lowest BCUT2D eigenvalue weighted by Crippen LogP contribution is -2.13. The van der Waals surface area contributed by atoms with Crippen molar-refractivity contribution in [3.05, 3.63) is 70.9 Å². The van der Waals surface area contributed by atoms with E-state index < -0.39 is 0 Å². The summed E-state index contributed by atoms with van der Waals surface area (Å²) in [7, 11) is 0. The summed E-state index contributed by atoms with van der Waals surface area (Å²) < 4.78 is 5.28. The molecule has 0 aliphatic rings. The number of carbonyl (C=O) groups excluding carboxylic acids is 1. The summed E-state index contributed by atoms with van der Waals surface area (Å²) in [5.74, 6) is 2.09. The average molecular weight is 449 g/mol. The molecule has 4 rings (SSSR count). The molecule has 0 unspecified atom stereocenters. The predicted octanol–water partition coefficient (Wildman–Crippen LogP) is 4.64. The Morgan fingerprint density at radius 2 is 1.94 bits per heavy atom. The summed E-state index contributed by atoms with van der Waals surface area (Å²) in [5.41, 5.74) is 5.11. The van der Waals surface area contributed by atoms with Crippen molar-refractivity contribution in [2.75, 3.05) is 5.32 Å². The van der Waals surface area contributed by atoms with Gasteiger partial charge in [-0.15, -0.1) is 5.10 Å². The summed E-state index contributed by atoms with van der Waals surface area (Å²) in [5, 5.41) is 14.7. The molecule has 0 radical (unpaired) electrons. The molecule has 32 heavy (non-hydrogen) atoms. The fourth-order valence-electron chi connectivity index (χ4n) is 3.12. The van der Waals surface area contributed by atoms with Crippen LogP contribution in [0.4, 0.5) is 5.69 Å². The van der Waals surface area contributed by atoms with E-state index in [0.717, 1.165) is 33.8 Å². The lowest BCUT2D eigenvalue weighted by molar-refractivity contribution is -0.116. The molecule has 0 spiro atoms. The van der Waals surface area contributed by atoms with Gasteiger partial charge in [0, 0.05) is 24.1 Å². The highest BCUT2D eigenvalue weighted by molar-refractivity contribution is 7.98. The van der Waals surface area contributed by atoms with E-state index in [9.17, 15) is 4.79 Å². The van der Waals surface area contributed by atoms with E-state index in [1.165, 1.54) is 11.8 Å². The number of hydrogen-bond acceptors (Lipinski definition) is 7. The third-order valence-corrected chi connectivity index (χ3v) is 5.67. The molecule has 0 bridgehead atoms. The number of nitrogens with zero attached hydrogens (tertiary/aromatic N) is 4. The molecule has 9 heteroatoms. The van der Waals surface area contributed by atoms with E-state index in [-0.39, 0.29) is 12.3 Å². The molecular formula is C23H24N6O2S. The topological polar surface area (TPSA) is 110 Å². The number of rotatable bonds is 8. The van der Waals surface area contributed by atoms with Gasteiger partial charge in [0.2, 0.25) is 17.0 Å². The second-order valence-corrected chi connectivity index (χ2v) is 8.54. The quantitative estimate of drug-likeness (QED) is 0.378. The first kappa shape index (κ1) is 21.8. The van der Waals surface area contributed by atoms with Crippen molar-refractivity contribution in [1.82, 2.24) is 25.3 Å². The fraction of sp³-hybridized carbons (Fsp3) is 0.261. The van der Waals surface area contributed by atoms with Crippen LogP contribution < -0.4 is 5.32 Å². The standard InChI is InChI=1S/C23H24N6O2S/c1-14-5-4-6-17(11-14)22-26-23(28-27-22)32-13-19-25-21(31-29-19)10-9-20(30)24-18-12-15(2)7-8-16(18)3/h4-8,11-12H,9-10,13H2,1-3H3,(H,24,30)(H,26,27,28). The number of aromatic nitrogens is 5. The van der Waals surface area contributed by atoms with E-state index in [1.54, 1.807) is 0 Å². The Balaban J connectivity index is 1.27. The van der Waals surface area contributed by atoms with Crippen LogP contribution in [0.25, 0.3) is 11.4 Å². The number of thioether (sulfide) groups is 1. The molecule has 0 atom stereocenters. The zero-order chi connectivity index (χ0) is 22.5. The maximum absolute atomic E-state index is 12.3. The third kappa shape index (κ3) is 5.61. The number of carbonyl (C=O) groups is 1. The van der Waals surface area contributed by atoms with Crippen LogP contribution in [0.15, 0.2) is 52.1 Å². The maximum atomic E-state index is 12.3. The summed E-state index contributed by atoms with van der Waals surface area (Å²) >= 11 is 1.42. The zero-order valence-electron chi connectivity index (χ0n) is 18.2. The number of anilines is 1. The van der Waals surface area contributed by atoms with Gasteiger partial charge >= 0.3 is 0 Å². The van der Waals surface area contributed by atoms with Gasteiger partial charge in [-0.25, -0.2) is 4.98 Å². The Labute approximate surface area is 190 Å². The Bertz CT molecular complexity index is 1230. The third-order valence-electron chi connectivity index (χ3n) is 4.83. The van der Waals surface area contributed by atoms with Crippen molar-refractivity contribution < 1.29 is 9.32 Å². The van der Waals surface area contributed by atoms with Gasteiger partial charge in [-0.1, -0.05) is 52.8 Å². The van der Waals surface area contributed by atoms with Gasteiger partial charge in [0.15, 0.2) is 11.6 Å². The normalized spacial score (nSPS) is 11.0. The summed E-state index contributed by atoms with van der Waals surface area (Å²) in [4.78, 5) is 21.2. The lowest BCUT2D eigenvalue weighted by atomic mass is 10.1. The molecule has 0 aliphatic heterocycles. The number of hydrogen-bond donors (Lipinski definition) is 2. The maximum Gasteiger partial charge on any atom is 0.227 e. The van der Waals surface area contributed by atoms with E-state index in [2.05, 4.69) is 36.7 Å². The molecule has 0 aliphatic carbocycles. The van der Waals surface area contributed by atoms with Crippen LogP contribution in [0.5, 0.6) is 0 Å². The van der Waals surface area contributed by atoms with Gasteiger partial charge in [-0.3, -0.25) is 9.89 Å². The molecule has 2 heterocycles. The van der Waals surface area contributed by atoms with Crippen molar-refractivity contribution >= 4 is 23.4 Å². The number of H-pyrrole nitrogens is 1. The molecule has 0 saturated heterocycles. The van der Waals surface area contributed by atoms with Crippen LogP contribution >= 0.6 is 11.8 Å². The highest BCUT2D eigenvalue weighted by Gasteiger charge is 2.12. The second-order valence-electron chi connectivity index (χ2n) is 7.60. The van der Waals surface area contributed by atoms with Crippen molar-refractivity contribution in [1.29, 1.82) is 0 Å². The van der Waals surface area contributed by atoms with Gasteiger partial charge in [-0.05, 0) is 44.0 Å². The minimum Gasteiger partial charge on any atom is -0.339 e. The number of aryl methyl sites for hydroxylation is 4. The molecule has 4 aromatic rings. The Kier molecular flexibility index (Phi) is 6.65. The number of benzene rings is 2. The van der Waals surface area contributed by atoms with Gasteiger partial charge in [0.1, 0.15) is 0 Å². The predicted molar refractivity (Wildman–Crippen MR) is 123 cm³/mol. The molecule has 2 aromatic heterocycles. The molecule has 2 aromatic carbocycles. The first-order valence-corrected chi connectivity index (χ1v) is 11.3. The fourth-order valence-corrected chi connectivity index (χ4v) is 3.76. The van der Waals surface area contributed by atoms with Gasteiger partial charge in [-0.2, -0.15) is 4.98 Å². The van der Waals surface area contributed by atoms with E-state index in [1.807, 2.05) is 57.2 Å². The summed E-state index contributed by atoms with van der Waals surface area (Å²) in [6.45, 7) is 6.00. The minimum atomic E-state index is -0.0859. The van der Waals surface area contributed by atoms with Crippen LogP contribution in [0.2, 0.25) is 0 Å². The molecule has 8 nitrogen and oxygen atoms in total.